The lowest BCUT2D eigenvalue weighted by molar-refractivity contribution is 0.472. The Bertz CT molecular complexity index is 1150. The number of rotatable bonds is 5. The van der Waals surface area contributed by atoms with Crippen LogP contribution in [-0.2, 0) is 10.8 Å². The first-order valence-corrected chi connectivity index (χ1v) is 10.7. The molecule has 3 aromatic rings. The number of hydrogen-bond donors (Lipinski definition) is 2. The lowest BCUT2D eigenvalue weighted by atomic mass is 9.66. The van der Waals surface area contributed by atoms with Crippen LogP contribution in [0.1, 0.15) is 42.5 Å². The highest BCUT2D eigenvalue weighted by Crippen LogP contribution is 2.59. The normalized spacial score (nSPS) is 23.1. The van der Waals surface area contributed by atoms with Crippen molar-refractivity contribution >= 4 is 5.69 Å². The second kappa shape index (κ2) is 7.96. The first-order chi connectivity index (χ1) is 14.9. The summed E-state index contributed by atoms with van der Waals surface area (Å²) >= 11 is 0. The fraction of sp³-hybridized carbons (Fsp3) is 0.172. The number of anilines is 1. The molecule has 2 heteroatoms. The van der Waals surface area contributed by atoms with E-state index in [-0.39, 0.29) is 10.8 Å². The Balaban J connectivity index is 2.02. The molecule has 0 bridgehead atoms. The maximum atomic E-state index is 6.01. The van der Waals surface area contributed by atoms with Gasteiger partial charge in [-0.2, -0.15) is 0 Å². The molecular formula is C29H30N2. The van der Waals surface area contributed by atoms with Crippen LogP contribution in [0.25, 0.3) is 0 Å². The molecule has 2 atom stereocenters. The molecule has 1 aliphatic carbocycles. The highest BCUT2D eigenvalue weighted by Gasteiger charge is 2.52. The Morgan fingerprint density at radius 2 is 1.45 bits per heavy atom. The monoisotopic (exact) mass is 406 g/mol. The highest BCUT2D eigenvalue weighted by molar-refractivity contribution is 5.64. The van der Waals surface area contributed by atoms with E-state index in [2.05, 4.69) is 99.3 Å². The van der Waals surface area contributed by atoms with Gasteiger partial charge in [-0.15, -0.1) is 0 Å². The first-order valence-electron chi connectivity index (χ1n) is 10.7. The van der Waals surface area contributed by atoms with Crippen LogP contribution in [0.5, 0.6) is 0 Å². The van der Waals surface area contributed by atoms with Gasteiger partial charge < -0.3 is 11.5 Å². The summed E-state index contributed by atoms with van der Waals surface area (Å²) in [5.74, 6) is 0. The zero-order chi connectivity index (χ0) is 22.1. The van der Waals surface area contributed by atoms with E-state index in [1.54, 1.807) is 0 Å². The van der Waals surface area contributed by atoms with Crippen molar-refractivity contribution in [3.05, 3.63) is 137 Å². The van der Waals surface area contributed by atoms with Gasteiger partial charge in [0.05, 0.1) is 0 Å². The summed E-state index contributed by atoms with van der Waals surface area (Å²) in [6.07, 6.45) is 7.15. The van der Waals surface area contributed by atoms with Crippen molar-refractivity contribution in [1.82, 2.24) is 0 Å². The third-order valence-electron chi connectivity index (χ3n) is 6.70. The van der Waals surface area contributed by atoms with Gasteiger partial charge in [0, 0.05) is 22.2 Å². The van der Waals surface area contributed by atoms with Gasteiger partial charge in [-0.3, -0.25) is 0 Å². The minimum absolute atomic E-state index is 0.165. The minimum Gasteiger partial charge on any atom is -0.399 e. The summed E-state index contributed by atoms with van der Waals surface area (Å²) in [7, 11) is 0. The van der Waals surface area contributed by atoms with Crippen LogP contribution < -0.4 is 11.5 Å². The molecule has 0 fully saturated rings. The predicted molar refractivity (Wildman–Crippen MR) is 132 cm³/mol. The number of allylic oxidation sites excluding steroid dienone is 4. The molecule has 31 heavy (non-hydrogen) atoms. The Morgan fingerprint density at radius 1 is 0.839 bits per heavy atom. The molecule has 0 aliphatic heterocycles. The zero-order valence-corrected chi connectivity index (χ0v) is 18.3. The molecule has 0 spiro atoms. The van der Waals surface area contributed by atoms with Crippen LogP contribution in [0.15, 0.2) is 115 Å². The van der Waals surface area contributed by atoms with Crippen LogP contribution >= 0.6 is 0 Å². The number of nitrogen functional groups attached to an aromatic ring is 1. The summed E-state index contributed by atoms with van der Waals surface area (Å²) in [4.78, 5) is 0. The average Bonchev–Trinajstić information content (AvgIpc) is 3.06. The second-order valence-corrected chi connectivity index (χ2v) is 8.60. The molecule has 4 N–H and O–H groups in total. The van der Waals surface area contributed by atoms with Crippen molar-refractivity contribution in [3.63, 3.8) is 0 Å². The third-order valence-corrected chi connectivity index (χ3v) is 6.70. The van der Waals surface area contributed by atoms with Gasteiger partial charge in [0.25, 0.3) is 0 Å². The van der Waals surface area contributed by atoms with Crippen molar-refractivity contribution in [3.8, 4) is 0 Å². The van der Waals surface area contributed by atoms with E-state index in [1.165, 1.54) is 27.8 Å². The molecule has 0 saturated heterocycles. The van der Waals surface area contributed by atoms with E-state index < -0.39 is 0 Å². The van der Waals surface area contributed by atoms with E-state index >= 15 is 0 Å². The minimum atomic E-state index is -0.297. The number of nitrogens with two attached hydrogens (primary N) is 2. The van der Waals surface area contributed by atoms with E-state index in [9.17, 15) is 0 Å². The Labute approximate surface area is 185 Å². The van der Waals surface area contributed by atoms with Crippen molar-refractivity contribution in [2.24, 2.45) is 5.73 Å². The van der Waals surface area contributed by atoms with E-state index in [1.807, 2.05) is 18.2 Å². The van der Waals surface area contributed by atoms with Crippen LogP contribution in [0.2, 0.25) is 0 Å². The molecule has 2 nitrogen and oxygen atoms in total. The maximum absolute atomic E-state index is 6.01. The molecule has 1 aliphatic rings. The van der Waals surface area contributed by atoms with Gasteiger partial charge in [0.1, 0.15) is 0 Å². The van der Waals surface area contributed by atoms with Gasteiger partial charge >= 0.3 is 0 Å². The lowest BCUT2D eigenvalue weighted by Crippen LogP contribution is -2.31. The van der Waals surface area contributed by atoms with Crippen LogP contribution in [0, 0.1) is 0 Å². The van der Waals surface area contributed by atoms with Crippen LogP contribution in [0.4, 0.5) is 5.69 Å². The van der Waals surface area contributed by atoms with Gasteiger partial charge in [0.2, 0.25) is 0 Å². The van der Waals surface area contributed by atoms with Gasteiger partial charge in [-0.25, -0.2) is 0 Å². The first kappa shape index (κ1) is 20.7. The van der Waals surface area contributed by atoms with Crippen molar-refractivity contribution < 1.29 is 0 Å². The molecule has 0 aromatic heterocycles. The molecule has 2 unspecified atom stereocenters. The standard InChI is InChI=1S/C29H30N2/c1-4-22(15-14-21(2)30)29(24-10-6-5-7-11-24)20-28(3,23-16-18-25(31)19-17-23)26-12-8-9-13-27(26)29/h4-19H,2,20,30-31H2,1,3H3/b15-14-,22-4+. The number of fused-ring (bicyclic) bond motifs is 1. The van der Waals surface area contributed by atoms with E-state index in [0.29, 0.717) is 5.70 Å². The fourth-order valence-electron chi connectivity index (χ4n) is 5.25. The molecular weight excluding hydrogens is 376 g/mol. The van der Waals surface area contributed by atoms with Crippen molar-refractivity contribution in [1.29, 1.82) is 0 Å². The highest BCUT2D eigenvalue weighted by atomic mass is 14.6. The lowest BCUT2D eigenvalue weighted by Gasteiger charge is -2.36. The summed E-state index contributed by atoms with van der Waals surface area (Å²) in [6, 6.07) is 28.0. The largest absolute Gasteiger partial charge is 0.399 e. The third kappa shape index (κ3) is 3.38. The molecule has 0 saturated carbocycles. The SMILES string of the molecule is C=C(N)/C=C\C(=C/C)C1(c2ccccc2)CC(C)(c2ccc(N)cc2)c2ccccc21. The quantitative estimate of drug-likeness (QED) is 0.389. The molecule has 0 amide bonds. The Kier molecular flexibility index (Phi) is 5.32. The smallest absolute Gasteiger partial charge is 0.0462 e. The maximum Gasteiger partial charge on any atom is 0.0462 e. The van der Waals surface area contributed by atoms with Gasteiger partial charge in [0.15, 0.2) is 0 Å². The van der Waals surface area contributed by atoms with E-state index in [4.69, 9.17) is 11.5 Å². The number of benzene rings is 3. The van der Waals surface area contributed by atoms with E-state index in [0.717, 1.165) is 12.1 Å². The van der Waals surface area contributed by atoms with Crippen LogP contribution in [0.3, 0.4) is 0 Å². The Morgan fingerprint density at radius 3 is 2.06 bits per heavy atom. The summed E-state index contributed by atoms with van der Waals surface area (Å²) in [6.45, 7) is 8.31. The summed E-state index contributed by atoms with van der Waals surface area (Å²) in [5, 5.41) is 0. The van der Waals surface area contributed by atoms with Crippen molar-refractivity contribution in [2.75, 3.05) is 5.73 Å². The molecule has 0 heterocycles. The average molecular weight is 407 g/mol. The zero-order valence-electron chi connectivity index (χ0n) is 18.3. The fourth-order valence-corrected chi connectivity index (χ4v) is 5.25. The Hall–Kier alpha value is -3.52. The second-order valence-electron chi connectivity index (χ2n) is 8.60. The molecule has 0 radical (unpaired) electrons. The predicted octanol–water partition coefficient (Wildman–Crippen LogP) is 6.24. The molecule has 156 valence electrons. The van der Waals surface area contributed by atoms with Crippen LogP contribution in [-0.4, -0.2) is 0 Å². The molecule has 3 aromatic carbocycles. The topological polar surface area (TPSA) is 52.0 Å². The summed E-state index contributed by atoms with van der Waals surface area (Å²) in [5.41, 5.74) is 19.2. The van der Waals surface area contributed by atoms with Gasteiger partial charge in [-0.1, -0.05) is 92.4 Å². The summed E-state index contributed by atoms with van der Waals surface area (Å²) < 4.78 is 0. The number of hydrogen-bond acceptors (Lipinski definition) is 2. The molecule has 4 rings (SSSR count). The van der Waals surface area contributed by atoms with Crippen molar-refractivity contribution in [2.45, 2.75) is 31.1 Å². The van der Waals surface area contributed by atoms with Gasteiger partial charge in [-0.05, 0) is 59.4 Å².